The molecule has 0 aromatic heterocycles. The second-order valence-electron chi connectivity index (χ2n) is 0.513. The standard InChI is InChI=1S/Ni.H3O4P.Ti.V/c;1-5(2,3)4;;/h;(H3,1,2,3,4);;. The summed E-state index contributed by atoms with van der Waals surface area (Å²) in [4.78, 5) is 21.6. The molecule has 3 N–H and O–H groups in total. The van der Waals surface area contributed by atoms with E-state index in [0.717, 1.165) is 0 Å². The molecule has 0 aliphatic carbocycles. The Kier molecular flexibility index (Phi) is 25.1. The quantitative estimate of drug-likeness (QED) is 0.386. The van der Waals surface area contributed by atoms with Crippen molar-refractivity contribution in [3.8, 4) is 0 Å². The molecule has 1 radical (unpaired) electrons. The molecule has 0 aliphatic rings. The van der Waals surface area contributed by atoms with Crippen molar-refractivity contribution >= 4 is 7.82 Å². The fourth-order valence-electron chi connectivity index (χ4n) is 0. The van der Waals surface area contributed by atoms with Crippen LogP contribution in [0.2, 0.25) is 0 Å². The van der Waals surface area contributed by atoms with Crippen LogP contribution in [0.5, 0.6) is 0 Å². The van der Waals surface area contributed by atoms with Gasteiger partial charge in [-0.2, -0.15) is 0 Å². The Bertz CT molecular complexity index is 62.2. The maximum Gasteiger partial charge on any atom is 0.466 e. The van der Waals surface area contributed by atoms with Crippen LogP contribution in [0.1, 0.15) is 0 Å². The number of hydrogen-bond acceptors (Lipinski definition) is 1. The fourth-order valence-corrected chi connectivity index (χ4v) is 0. The Morgan fingerprint density at radius 2 is 1.12 bits per heavy atom. The van der Waals surface area contributed by atoms with E-state index in [1.807, 2.05) is 0 Å². The molecular formula is H3NiO4PTiV. The summed E-state index contributed by atoms with van der Waals surface area (Å²) in [5.41, 5.74) is 0. The smallest absolute Gasteiger partial charge is 0.303 e. The molecule has 4 nitrogen and oxygen atoms in total. The zero-order chi connectivity index (χ0) is 4.50. The van der Waals surface area contributed by atoms with E-state index in [4.69, 9.17) is 19.2 Å². The summed E-state index contributed by atoms with van der Waals surface area (Å²) >= 11 is 0. The second-order valence-corrected chi connectivity index (χ2v) is 1.54. The molecule has 0 aromatic rings. The second kappa shape index (κ2) is 8.90. The van der Waals surface area contributed by atoms with Gasteiger partial charge in [-0.15, -0.1) is 0 Å². The van der Waals surface area contributed by atoms with Crippen LogP contribution in [0.4, 0.5) is 0 Å². The third kappa shape index (κ3) is 104. The van der Waals surface area contributed by atoms with Crippen molar-refractivity contribution in [2.24, 2.45) is 0 Å². The summed E-state index contributed by atoms with van der Waals surface area (Å²) < 4.78 is 8.88. The fraction of sp³-hybridized carbons (Fsp3) is 0. The van der Waals surface area contributed by atoms with Gasteiger partial charge in [-0.05, 0) is 0 Å². The van der Waals surface area contributed by atoms with Gasteiger partial charge in [0.05, 0.1) is 0 Å². The minimum Gasteiger partial charge on any atom is -0.303 e. The first-order chi connectivity index (χ1) is 2.00. The Labute approximate surface area is 83.4 Å². The van der Waals surface area contributed by atoms with Gasteiger partial charge in [0.25, 0.3) is 0 Å². The van der Waals surface area contributed by atoms with E-state index in [2.05, 4.69) is 0 Å². The molecule has 0 unspecified atom stereocenters. The molecule has 51 valence electrons. The molecule has 8 heteroatoms. The summed E-state index contributed by atoms with van der Waals surface area (Å²) in [5, 5.41) is 0. The Morgan fingerprint density at radius 1 is 1.12 bits per heavy atom. The van der Waals surface area contributed by atoms with Gasteiger partial charge in [-0.25, -0.2) is 4.57 Å². The molecule has 0 heterocycles. The summed E-state index contributed by atoms with van der Waals surface area (Å²) in [7, 11) is -4.64. The van der Waals surface area contributed by atoms with Gasteiger partial charge in [-0.3, -0.25) is 0 Å². The van der Waals surface area contributed by atoms with E-state index >= 15 is 0 Å². The number of hydrogen-bond donors (Lipinski definition) is 3. The molecule has 0 aromatic carbocycles. The van der Waals surface area contributed by atoms with E-state index in [-0.39, 0.29) is 56.8 Å². The van der Waals surface area contributed by atoms with Gasteiger partial charge in [0.15, 0.2) is 0 Å². The van der Waals surface area contributed by atoms with E-state index in [9.17, 15) is 0 Å². The van der Waals surface area contributed by atoms with E-state index < -0.39 is 7.82 Å². The van der Waals surface area contributed by atoms with Crippen molar-refractivity contribution in [1.29, 1.82) is 0 Å². The van der Waals surface area contributed by atoms with Gasteiger partial charge in [-0.1, -0.05) is 0 Å². The van der Waals surface area contributed by atoms with Crippen LogP contribution in [0, 0.1) is 0 Å². The molecule has 0 fully saturated rings. The summed E-state index contributed by atoms with van der Waals surface area (Å²) in [6.45, 7) is 0. The Balaban J connectivity index is -0.0000000267. The molecule has 0 saturated heterocycles. The van der Waals surface area contributed by atoms with Gasteiger partial charge in [0.2, 0.25) is 0 Å². The van der Waals surface area contributed by atoms with Gasteiger partial charge < -0.3 is 14.7 Å². The Hall–Kier alpha value is 1.90. The van der Waals surface area contributed by atoms with Crippen molar-refractivity contribution in [3.63, 3.8) is 0 Å². The predicted octanol–water partition coefficient (Wildman–Crippen LogP) is -0.936. The van der Waals surface area contributed by atoms with Crippen LogP contribution in [0.25, 0.3) is 0 Å². The summed E-state index contributed by atoms with van der Waals surface area (Å²) in [6, 6.07) is 0. The summed E-state index contributed by atoms with van der Waals surface area (Å²) in [6.07, 6.45) is 0. The predicted molar refractivity (Wildman–Crippen MR) is 14.3 cm³/mol. The molecule has 0 amide bonds. The first-order valence-corrected chi connectivity index (χ1v) is 2.35. The van der Waals surface area contributed by atoms with Crippen LogP contribution >= 0.6 is 7.82 Å². The van der Waals surface area contributed by atoms with Crippen LogP contribution in [0.3, 0.4) is 0 Å². The normalized spacial score (nSPS) is 7.38. The average molecular weight is 255 g/mol. The van der Waals surface area contributed by atoms with Crippen molar-refractivity contribution in [2.45, 2.75) is 0 Å². The van der Waals surface area contributed by atoms with Crippen LogP contribution in [-0.4, -0.2) is 14.7 Å². The van der Waals surface area contributed by atoms with Crippen molar-refractivity contribution in [3.05, 3.63) is 0 Å². The number of phosphoric acid groups is 1. The molecule has 0 spiro atoms. The molecule has 0 atom stereocenters. The molecular weight excluding hydrogens is 252 g/mol. The topological polar surface area (TPSA) is 77.8 Å². The molecule has 0 bridgehead atoms. The summed E-state index contributed by atoms with van der Waals surface area (Å²) in [5.74, 6) is 0. The monoisotopic (exact) mass is 255 g/mol. The molecule has 0 saturated carbocycles. The molecule has 0 rings (SSSR count). The van der Waals surface area contributed by atoms with Crippen LogP contribution < -0.4 is 0 Å². The first-order valence-electron chi connectivity index (χ1n) is 0.783. The largest absolute Gasteiger partial charge is 0.466 e. The average Bonchev–Trinajstić information content (AvgIpc) is 0.722. The van der Waals surface area contributed by atoms with Crippen LogP contribution in [0.15, 0.2) is 0 Å². The van der Waals surface area contributed by atoms with Crippen molar-refractivity contribution in [2.75, 3.05) is 0 Å². The van der Waals surface area contributed by atoms with Gasteiger partial charge >= 0.3 is 7.82 Å². The minimum atomic E-state index is -4.64. The van der Waals surface area contributed by atoms with Gasteiger partial charge in [0, 0.05) is 56.8 Å². The third-order valence-corrected chi connectivity index (χ3v) is 0. The minimum absolute atomic E-state index is 0. The van der Waals surface area contributed by atoms with Crippen LogP contribution in [-0.2, 0) is 61.3 Å². The molecule has 0 aliphatic heterocycles. The Morgan fingerprint density at radius 3 is 1.12 bits per heavy atom. The third-order valence-electron chi connectivity index (χ3n) is 0. The van der Waals surface area contributed by atoms with Gasteiger partial charge in [0.1, 0.15) is 0 Å². The molecule has 8 heavy (non-hydrogen) atoms. The van der Waals surface area contributed by atoms with E-state index in [0.29, 0.717) is 0 Å². The zero-order valence-corrected chi connectivity index (χ0v) is 8.30. The maximum atomic E-state index is 8.88. The van der Waals surface area contributed by atoms with Crippen molar-refractivity contribution < 1.29 is 76.0 Å². The first kappa shape index (κ1) is 22.5. The zero-order valence-electron chi connectivity index (χ0n) is 3.46. The SMILES string of the molecule is O=P(O)(O)O.[Ni].[Ti].[V]. The van der Waals surface area contributed by atoms with Crippen molar-refractivity contribution in [1.82, 2.24) is 0 Å². The maximum absolute atomic E-state index is 8.88. The van der Waals surface area contributed by atoms with E-state index in [1.165, 1.54) is 0 Å². The van der Waals surface area contributed by atoms with E-state index in [1.54, 1.807) is 0 Å². The number of rotatable bonds is 0.